The lowest BCUT2D eigenvalue weighted by Crippen LogP contribution is -2.44. The Hall–Kier alpha value is -3.15. The highest BCUT2D eigenvalue weighted by Gasteiger charge is 2.55. The number of hydrogen-bond donors (Lipinski definition) is 1. The van der Waals surface area contributed by atoms with Crippen molar-refractivity contribution in [2.75, 3.05) is 13.6 Å². The van der Waals surface area contributed by atoms with E-state index < -0.39 is 11.6 Å². The normalized spacial score (nSPS) is 20.2. The quantitative estimate of drug-likeness (QED) is 0.815. The minimum absolute atomic E-state index is 0.254. The first-order chi connectivity index (χ1) is 13.8. The van der Waals surface area contributed by atoms with E-state index in [-0.39, 0.29) is 18.4 Å². The van der Waals surface area contributed by atoms with Crippen molar-refractivity contribution in [2.45, 2.75) is 38.8 Å². The van der Waals surface area contributed by atoms with E-state index in [0.717, 1.165) is 33.6 Å². The van der Waals surface area contributed by atoms with Gasteiger partial charge in [0.2, 0.25) is 5.91 Å². The lowest BCUT2D eigenvalue weighted by Gasteiger charge is -2.23. The molecule has 1 atom stereocenters. The number of carbonyl (C=O) groups is 3. The maximum absolute atomic E-state index is 13.2. The van der Waals surface area contributed by atoms with Gasteiger partial charge in [0.05, 0.1) is 0 Å². The molecule has 1 spiro atoms. The van der Waals surface area contributed by atoms with Gasteiger partial charge in [-0.2, -0.15) is 0 Å². The zero-order valence-corrected chi connectivity index (χ0v) is 17.0. The summed E-state index contributed by atoms with van der Waals surface area (Å²) in [5.74, 6) is -0.600. The molecule has 1 N–H and O–H groups in total. The Morgan fingerprint density at radius 3 is 2.69 bits per heavy atom. The van der Waals surface area contributed by atoms with Crippen LogP contribution in [0.3, 0.4) is 0 Å². The zero-order chi connectivity index (χ0) is 20.8. The largest absolute Gasteiger partial charge is 0.340 e. The third kappa shape index (κ3) is 3.18. The van der Waals surface area contributed by atoms with Crippen molar-refractivity contribution >= 4 is 17.8 Å². The molecule has 29 heavy (non-hydrogen) atoms. The van der Waals surface area contributed by atoms with Gasteiger partial charge in [0, 0.05) is 13.6 Å². The number of nitrogens with zero attached hydrogens (tertiary/aromatic N) is 2. The molecule has 1 heterocycles. The second-order valence-electron chi connectivity index (χ2n) is 8.06. The number of urea groups is 1. The third-order valence-corrected chi connectivity index (χ3v) is 6.05. The van der Waals surface area contributed by atoms with Crippen LogP contribution in [-0.2, 0) is 28.1 Å². The lowest BCUT2D eigenvalue weighted by atomic mass is 9.92. The summed E-state index contributed by atoms with van der Waals surface area (Å²) >= 11 is 0. The highest BCUT2D eigenvalue weighted by atomic mass is 16.2. The minimum Gasteiger partial charge on any atom is -0.340 e. The Bertz CT molecular complexity index is 1020. The average molecular weight is 391 g/mol. The van der Waals surface area contributed by atoms with E-state index in [1.807, 2.05) is 50.2 Å². The Morgan fingerprint density at radius 2 is 1.93 bits per heavy atom. The molecule has 1 saturated heterocycles. The first-order valence-electron chi connectivity index (χ1n) is 9.84. The molecular formula is C23H25N3O3. The standard InChI is InChI=1S/C23H25N3O3/c1-15-8-9-18(16(2)12-15)13-25(3)20(27)14-26-21(28)23(24-22(26)29)11-10-17-6-4-5-7-19(17)23/h4-9,12H,10-11,13-14H2,1-3H3,(H,24,29). The number of carbonyl (C=O) groups excluding carboxylic acids is 3. The maximum atomic E-state index is 13.2. The molecule has 150 valence electrons. The molecule has 0 bridgehead atoms. The van der Waals surface area contributed by atoms with E-state index in [4.69, 9.17) is 0 Å². The molecule has 2 aliphatic rings. The summed E-state index contributed by atoms with van der Waals surface area (Å²) in [6.07, 6.45) is 1.26. The second kappa shape index (κ2) is 7.03. The van der Waals surface area contributed by atoms with E-state index >= 15 is 0 Å². The van der Waals surface area contributed by atoms with E-state index in [9.17, 15) is 14.4 Å². The van der Waals surface area contributed by atoms with Crippen molar-refractivity contribution in [3.8, 4) is 0 Å². The summed E-state index contributed by atoms with van der Waals surface area (Å²) in [7, 11) is 1.70. The van der Waals surface area contributed by atoms with Gasteiger partial charge in [-0.15, -0.1) is 0 Å². The number of amides is 4. The molecule has 0 radical (unpaired) electrons. The van der Waals surface area contributed by atoms with Crippen LogP contribution in [0, 0.1) is 13.8 Å². The molecule has 2 aromatic rings. The molecule has 4 amide bonds. The van der Waals surface area contributed by atoms with Gasteiger partial charge in [-0.25, -0.2) is 4.79 Å². The summed E-state index contributed by atoms with van der Waals surface area (Å²) in [5, 5.41) is 2.86. The monoisotopic (exact) mass is 391 g/mol. The molecular weight excluding hydrogens is 366 g/mol. The predicted octanol–water partition coefficient (Wildman–Crippen LogP) is 2.66. The molecule has 0 saturated carbocycles. The summed E-state index contributed by atoms with van der Waals surface area (Å²) in [6, 6.07) is 13.3. The molecule has 1 unspecified atom stereocenters. The fourth-order valence-corrected chi connectivity index (χ4v) is 4.36. The Balaban J connectivity index is 1.49. The number of likely N-dealkylation sites (N-methyl/N-ethyl adjacent to an activating group) is 1. The molecule has 1 aliphatic heterocycles. The van der Waals surface area contributed by atoms with Crippen LogP contribution in [0.1, 0.15) is 34.2 Å². The summed E-state index contributed by atoms with van der Waals surface area (Å²) < 4.78 is 0. The Labute approximate surface area is 170 Å². The van der Waals surface area contributed by atoms with E-state index in [1.165, 1.54) is 5.56 Å². The predicted molar refractivity (Wildman–Crippen MR) is 109 cm³/mol. The van der Waals surface area contributed by atoms with Crippen LogP contribution in [-0.4, -0.2) is 41.2 Å². The lowest BCUT2D eigenvalue weighted by molar-refractivity contribution is -0.138. The van der Waals surface area contributed by atoms with Crippen LogP contribution in [0.25, 0.3) is 0 Å². The minimum atomic E-state index is -1.03. The first-order valence-corrected chi connectivity index (χ1v) is 9.84. The van der Waals surface area contributed by atoms with Crippen LogP contribution < -0.4 is 5.32 Å². The van der Waals surface area contributed by atoms with Gasteiger partial charge in [0.25, 0.3) is 5.91 Å². The van der Waals surface area contributed by atoms with Crippen molar-refractivity contribution < 1.29 is 14.4 Å². The van der Waals surface area contributed by atoms with Crippen LogP contribution >= 0.6 is 0 Å². The van der Waals surface area contributed by atoms with Crippen molar-refractivity contribution in [3.05, 3.63) is 70.3 Å². The van der Waals surface area contributed by atoms with Crippen LogP contribution in [0.2, 0.25) is 0 Å². The number of hydrogen-bond acceptors (Lipinski definition) is 3. The second-order valence-corrected chi connectivity index (χ2v) is 8.06. The topological polar surface area (TPSA) is 69.7 Å². The number of nitrogens with one attached hydrogen (secondary N) is 1. The summed E-state index contributed by atoms with van der Waals surface area (Å²) in [6.45, 7) is 4.22. The molecule has 1 fully saturated rings. The van der Waals surface area contributed by atoms with Crippen molar-refractivity contribution in [2.24, 2.45) is 0 Å². The summed E-state index contributed by atoms with van der Waals surface area (Å²) in [5.41, 5.74) is 4.21. The molecule has 2 aromatic carbocycles. The molecule has 1 aliphatic carbocycles. The number of benzene rings is 2. The van der Waals surface area contributed by atoms with Gasteiger partial charge in [-0.1, -0.05) is 48.0 Å². The first kappa shape index (κ1) is 19.2. The number of rotatable bonds is 4. The van der Waals surface area contributed by atoms with Crippen LogP contribution in [0.15, 0.2) is 42.5 Å². The Kier molecular flexibility index (Phi) is 4.65. The van der Waals surface area contributed by atoms with Crippen molar-refractivity contribution in [1.82, 2.24) is 15.1 Å². The van der Waals surface area contributed by atoms with E-state index in [0.29, 0.717) is 13.0 Å². The fourth-order valence-electron chi connectivity index (χ4n) is 4.36. The molecule has 6 nitrogen and oxygen atoms in total. The SMILES string of the molecule is Cc1ccc(CN(C)C(=O)CN2C(=O)NC3(CCc4ccccc43)C2=O)c(C)c1. The van der Waals surface area contributed by atoms with Crippen LogP contribution in [0.5, 0.6) is 0 Å². The van der Waals surface area contributed by atoms with Gasteiger partial charge in [0.15, 0.2) is 0 Å². The van der Waals surface area contributed by atoms with Gasteiger partial charge in [0.1, 0.15) is 12.1 Å². The van der Waals surface area contributed by atoms with Gasteiger partial charge in [-0.05, 0) is 48.9 Å². The fraction of sp³-hybridized carbons (Fsp3) is 0.348. The molecule has 0 aromatic heterocycles. The highest BCUT2D eigenvalue weighted by Crippen LogP contribution is 2.41. The average Bonchev–Trinajstić information content (AvgIpc) is 3.17. The van der Waals surface area contributed by atoms with Crippen molar-refractivity contribution in [3.63, 3.8) is 0 Å². The van der Waals surface area contributed by atoms with E-state index in [2.05, 4.69) is 11.4 Å². The molecule has 4 rings (SSSR count). The zero-order valence-electron chi connectivity index (χ0n) is 17.0. The summed E-state index contributed by atoms with van der Waals surface area (Å²) in [4.78, 5) is 41.2. The van der Waals surface area contributed by atoms with Gasteiger partial charge >= 0.3 is 6.03 Å². The van der Waals surface area contributed by atoms with Gasteiger partial charge < -0.3 is 10.2 Å². The van der Waals surface area contributed by atoms with Crippen LogP contribution in [0.4, 0.5) is 4.79 Å². The smallest absolute Gasteiger partial charge is 0.325 e. The Morgan fingerprint density at radius 1 is 1.17 bits per heavy atom. The highest BCUT2D eigenvalue weighted by molar-refractivity contribution is 6.09. The van der Waals surface area contributed by atoms with Crippen molar-refractivity contribution in [1.29, 1.82) is 0 Å². The number of imide groups is 1. The number of aryl methyl sites for hydroxylation is 3. The number of fused-ring (bicyclic) bond motifs is 2. The third-order valence-electron chi connectivity index (χ3n) is 6.05. The molecule has 6 heteroatoms. The van der Waals surface area contributed by atoms with Gasteiger partial charge in [-0.3, -0.25) is 14.5 Å². The maximum Gasteiger partial charge on any atom is 0.325 e. The van der Waals surface area contributed by atoms with E-state index in [1.54, 1.807) is 11.9 Å².